The molecule has 0 aromatic heterocycles. The lowest BCUT2D eigenvalue weighted by Gasteiger charge is -2.23. The molecule has 0 aliphatic rings. The van der Waals surface area contributed by atoms with Gasteiger partial charge < -0.3 is 19.0 Å². The molecule has 1 amide bonds. The Morgan fingerprint density at radius 1 is 1.00 bits per heavy atom. The molecule has 1 N–H and O–H groups in total. The van der Waals surface area contributed by atoms with Crippen molar-refractivity contribution in [2.24, 2.45) is 0 Å². The number of carbonyl (C=O) groups is 2. The number of alkyl carbamates (subject to hydrolysis) is 1. The molecular formula is C21H25NO7S. The smallest absolute Gasteiger partial charge is 0.408 e. The molecule has 162 valence electrons. The zero-order chi connectivity index (χ0) is 22.4. The van der Waals surface area contributed by atoms with Crippen LogP contribution in [0.5, 0.6) is 5.75 Å². The first-order chi connectivity index (χ1) is 14.0. The van der Waals surface area contributed by atoms with Gasteiger partial charge in [-0.3, -0.25) is 0 Å². The fourth-order valence-electron chi connectivity index (χ4n) is 2.41. The van der Waals surface area contributed by atoms with Crippen molar-refractivity contribution in [1.29, 1.82) is 0 Å². The third-order valence-corrected chi connectivity index (χ3v) is 4.90. The Hall–Kier alpha value is -3.07. The van der Waals surface area contributed by atoms with Crippen molar-refractivity contribution >= 4 is 22.2 Å². The lowest BCUT2D eigenvalue weighted by molar-refractivity contribution is -0.145. The van der Waals surface area contributed by atoms with E-state index in [1.807, 2.05) is 0 Å². The third-order valence-electron chi connectivity index (χ3n) is 3.63. The van der Waals surface area contributed by atoms with Gasteiger partial charge in [0, 0.05) is 0 Å². The summed E-state index contributed by atoms with van der Waals surface area (Å²) in [4.78, 5) is 24.5. The average molecular weight is 435 g/mol. The zero-order valence-corrected chi connectivity index (χ0v) is 18.1. The quantitative estimate of drug-likeness (QED) is 0.523. The molecule has 0 spiro atoms. The van der Waals surface area contributed by atoms with E-state index >= 15 is 0 Å². The number of hydrogen-bond acceptors (Lipinski definition) is 7. The van der Waals surface area contributed by atoms with Crippen LogP contribution in [-0.2, 0) is 24.4 Å². The van der Waals surface area contributed by atoms with E-state index in [1.165, 1.54) is 36.4 Å². The van der Waals surface area contributed by atoms with Crippen molar-refractivity contribution in [2.75, 3.05) is 6.61 Å². The molecule has 0 bridgehead atoms. The molecule has 0 heterocycles. The number of rotatable bonds is 7. The second-order valence-electron chi connectivity index (χ2n) is 7.25. The molecule has 0 saturated heterocycles. The highest BCUT2D eigenvalue weighted by Crippen LogP contribution is 2.23. The van der Waals surface area contributed by atoms with Crippen LogP contribution >= 0.6 is 0 Å². The summed E-state index contributed by atoms with van der Waals surface area (Å²) in [6.45, 7) is 6.87. The van der Waals surface area contributed by atoms with Gasteiger partial charge in [0.25, 0.3) is 0 Å². The summed E-state index contributed by atoms with van der Waals surface area (Å²) >= 11 is 0. The zero-order valence-electron chi connectivity index (χ0n) is 17.2. The van der Waals surface area contributed by atoms with Crippen LogP contribution in [0.3, 0.4) is 0 Å². The van der Waals surface area contributed by atoms with Crippen molar-refractivity contribution in [3.63, 3.8) is 0 Å². The van der Waals surface area contributed by atoms with E-state index < -0.39 is 33.8 Å². The van der Waals surface area contributed by atoms with Crippen molar-refractivity contribution < 1.29 is 31.7 Å². The summed E-state index contributed by atoms with van der Waals surface area (Å²) in [6, 6.07) is 12.3. The van der Waals surface area contributed by atoms with E-state index in [0.29, 0.717) is 5.56 Å². The fraction of sp³-hybridized carbons (Fsp3) is 0.333. The molecule has 0 saturated carbocycles. The lowest BCUT2D eigenvalue weighted by atomic mass is 10.1. The molecular weight excluding hydrogens is 410 g/mol. The molecule has 1 atom stereocenters. The normalized spacial score (nSPS) is 12.5. The number of esters is 1. The SMILES string of the molecule is CCOC(=O)C(NC(=O)OC(C)(C)C)c1ccc(OS(=O)(=O)c2ccccc2)cc1. The van der Waals surface area contributed by atoms with Gasteiger partial charge in [0.15, 0.2) is 6.04 Å². The number of amides is 1. The van der Waals surface area contributed by atoms with Crippen molar-refractivity contribution in [2.45, 2.75) is 44.2 Å². The van der Waals surface area contributed by atoms with Gasteiger partial charge in [0.05, 0.1) is 6.61 Å². The first kappa shape index (κ1) is 23.2. The van der Waals surface area contributed by atoms with E-state index in [9.17, 15) is 18.0 Å². The molecule has 9 heteroatoms. The van der Waals surface area contributed by atoms with E-state index in [2.05, 4.69) is 5.32 Å². The van der Waals surface area contributed by atoms with Crippen molar-refractivity contribution in [3.8, 4) is 5.75 Å². The molecule has 2 aromatic rings. The summed E-state index contributed by atoms with van der Waals surface area (Å²) in [5.41, 5.74) is -0.365. The predicted molar refractivity (Wildman–Crippen MR) is 109 cm³/mol. The van der Waals surface area contributed by atoms with E-state index in [1.54, 1.807) is 45.9 Å². The van der Waals surface area contributed by atoms with Crippen LogP contribution in [0.4, 0.5) is 4.79 Å². The number of nitrogens with one attached hydrogen (secondary N) is 1. The first-order valence-electron chi connectivity index (χ1n) is 9.27. The average Bonchev–Trinajstić information content (AvgIpc) is 2.66. The van der Waals surface area contributed by atoms with E-state index in [4.69, 9.17) is 13.7 Å². The van der Waals surface area contributed by atoms with Gasteiger partial charge in [-0.25, -0.2) is 9.59 Å². The number of ether oxygens (including phenoxy) is 2. The molecule has 1 unspecified atom stereocenters. The highest BCUT2D eigenvalue weighted by atomic mass is 32.2. The van der Waals surface area contributed by atoms with Gasteiger partial charge in [0.1, 0.15) is 16.2 Å². The number of hydrogen-bond donors (Lipinski definition) is 1. The Balaban J connectivity index is 2.20. The van der Waals surface area contributed by atoms with Gasteiger partial charge in [-0.15, -0.1) is 0 Å². The van der Waals surface area contributed by atoms with Crippen LogP contribution in [0.1, 0.15) is 39.3 Å². The van der Waals surface area contributed by atoms with Crippen LogP contribution in [-0.4, -0.2) is 32.7 Å². The van der Waals surface area contributed by atoms with Gasteiger partial charge >= 0.3 is 22.2 Å². The van der Waals surface area contributed by atoms with Gasteiger partial charge in [-0.2, -0.15) is 8.42 Å². The van der Waals surface area contributed by atoms with E-state index in [0.717, 1.165) is 0 Å². The largest absolute Gasteiger partial charge is 0.464 e. The lowest BCUT2D eigenvalue weighted by Crippen LogP contribution is -2.38. The second kappa shape index (κ2) is 9.62. The summed E-state index contributed by atoms with van der Waals surface area (Å²) in [7, 11) is -3.99. The number of carbonyl (C=O) groups excluding carboxylic acids is 2. The summed E-state index contributed by atoms with van der Waals surface area (Å²) < 4.78 is 40.0. The standard InChI is InChI=1S/C21H25NO7S/c1-5-27-19(23)18(22-20(24)28-21(2,3)4)15-11-13-16(14-12-15)29-30(25,26)17-9-7-6-8-10-17/h6-14,18H,5H2,1-4H3,(H,22,24). The Morgan fingerprint density at radius 3 is 2.13 bits per heavy atom. The Morgan fingerprint density at radius 2 is 1.60 bits per heavy atom. The maximum atomic E-state index is 12.3. The summed E-state index contributed by atoms with van der Waals surface area (Å²) in [5.74, 6) is -0.614. The molecule has 0 fully saturated rings. The molecule has 0 aliphatic heterocycles. The highest BCUT2D eigenvalue weighted by Gasteiger charge is 2.27. The Bertz CT molecular complexity index is 965. The second-order valence-corrected chi connectivity index (χ2v) is 8.80. The molecule has 30 heavy (non-hydrogen) atoms. The van der Waals surface area contributed by atoms with Crippen LogP contribution in [0.2, 0.25) is 0 Å². The topological polar surface area (TPSA) is 108 Å². The predicted octanol–water partition coefficient (Wildman–Crippen LogP) is 3.58. The van der Waals surface area contributed by atoms with E-state index in [-0.39, 0.29) is 17.3 Å². The maximum Gasteiger partial charge on any atom is 0.408 e. The minimum absolute atomic E-state index is 0.0186. The summed E-state index contributed by atoms with van der Waals surface area (Å²) in [5, 5.41) is 2.47. The van der Waals surface area contributed by atoms with Crippen molar-refractivity contribution in [1.82, 2.24) is 5.32 Å². The van der Waals surface area contributed by atoms with Gasteiger partial charge in [-0.1, -0.05) is 30.3 Å². The minimum Gasteiger partial charge on any atom is -0.464 e. The third kappa shape index (κ3) is 6.77. The van der Waals surface area contributed by atoms with Crippen LogP contribution < -0.4 is 9.50 Å². The fourth-order valence-corrected chi connectivity index (χ4v) is 3.36. The highest BCUT2D eigenvalue weighted by molar-refractivity contribution is 7.87. The van der Waals surface area contributed by atoms with Crippen LogP contribution in [0.15, 0.2) is 59.5 Å². The van der Waals surface area contributed by atoms with Gasteiger partial charge in [0.2, 0.25) is 0 Å². The molecule has 8 nitrogen and oxygen atoms in total. The maximum absolute atomic E-state index is 12.3. The minimum atomic E-state index is -3.99. The molecule has 0 aliphatic carbocycles. The Labute approximate surface area is 176 Å². The molecule has 2 aromatic carbocycles. The Kier molecular flexibility index (Phi) is 7.44. The van der Waals surface area contributed by atoms with Gasteiger partial charge in [-0.05, 0) is 57.5 Å². The molecule has 2 rings (SSSR count). The number of benzene rings is 2. The van der Waals surface area contributed by atoms with Crippen LogP contribution in [0.25, 0.3) is 0 Å². The summed E-state index contributed by atoms with van der Waals surface area (Å²) in [6.07, 6.45) is -0.785. The first-order valence-corrected chi connectivity index (χ1v) is 10.7. The molecule has 0 radical (unpaired) electrons. The van der Waals surface area contributed by atoms with Crippen molar-refractivity contribution in [3.05, 3.63) is 60.2 Å². The van der Waals surface area contributed by atoms with Crippen LogP contribution in [0, 0.1) is 0 Å². The monoisotopic (exact) mass is 435 g/mol.